The van der Waals surface area contributed by atoms with Crippen LogP contribution in [0, 0.1) is 0 Å². The van der Waals surface area contributed by atoms with Gasteiger partial charge in [0.2, 0.25) is 25.6 Å². The van der Waals surface area contributed by atoms with Gasteiger partial charge in [0, 0.05) is 44.1 Å². The highest BCUT2D eigenvalue weighted by Gasteiger charge is 2.24. The average Bonchev–Trinajstić information content (AvgIpc) is 3.16. The van der Waals surface area contributed by atoms with Crippen molar-refractivity contribution >= 4 is 48.9 Å². The van der Waals surface area contributed by atoms with Gasteiger partial charge in [-0.15, -0.1) is 0 Å². The van der Waals surface area contributed by atoms with Crippen molar-refractivity contribution in [3.8, 4) is 11.3 Å². The zero-order chi connectivity index (χ0) is 35.1. The summed E-state index contributed by atoms with van der Waals surface area (Å²) in [5.41, 5.74) is 6.63. The van der Waals surface area contributed by atoms with Crippen molar-refractivity contribution in [2.75, 3.05) is 68.1 Å². The highest BCUT2D eigenvalue weighted by Crippen LogP contribution is 2.30. The molecule has 5 aromatic rings. The van der Waals surface area contributed by atoms with Gasteiger partial charge in [-0.05, 0) is 48.5 Å². The normalized spacial score (nSPS) is 15.2. The van der Waals surface area contributed by atoms with Gasteiger partial charge in [-0.25, -0.2) is 36.8 Å². The summed E-state index contributed by atoms with van der Waals surface area (Å²) in [5.74, 6) is 1.28. The zero-order valence-corrected chi connectivity index (χ0v) is 29.2. The highest BCUT2D eigenvalue weighted by molar-refractivity contribution is 7.91. The summed E-state index contributed by atoms with van der Waals surface area (Å²) in [6, 6.07) is 22.7. The van der Waals surface area contributed by atoms with Crippen LogP contribution in [0.3, 0.4) is 0 Å². The smallest absolute Gasteiger partial charge is 0.219 e. The summed E-state index contributed by atoms with van der Waals surface area (Å²) in [6.07, 6.45) is 3.07. The average molecular weight is 736 g/mol. The van der Waals surface area contributed by atoms with Gasteiger partial charge in [-0.2, -0.15) is 0 Å². The molecule has 2 aromatic carbocycles. The standard InChI is InChI=1S/C19H19N5O3S.C15H15ClN2O3S/c20-19-21-12-14(13-22-19)17-10-16(28(25,26)15-4-2-1-3-5-15)11-18(23-17)24-6-8-27-9-7-24;16-14-10-13(22(19,20)12-4-2-1-3-5-12)11-15(17-14)18-6-8-21-9-7-18/h1-5,10-13H,6-9H2,(H2,20,21,22);1-5,10-11H,6-9H2. The molecule has 0 bridgehead atoms. The van der Waals surface area contributed by atoms with Gasteiger partial charge in [0.15, 0.2) is 0 Å². The van der Waals surface area contributed by atoms with Crippen LogP contribution in [0.1, 0.15) is 0 Å². The fourth-order valence-electron chi connectivity index (χ4n) is 5.26. The lowest BCUT2D eigenvalue weighted by molar-refractivity contribution is 0.122. The Bertz CT molecular complexity index is 2130. The van der Waals surface area contributed by atoms with E-state index in [1.807, 2.05) is 9.80 Å². The van der Waals surface area contributed by atoms with Crippen molar-refractivity contribution < 1.29 is 26.3 Å². The number of halogens is 1. The van der Waals surface area contributed by atoms with E-state index in [-0.39, 0.29) is 30.7 Å². The molecule has 3 aromatic heterocycles. The number of nitrogens with two attached hydrogens (primary N) is 1. The van der Waals surface area contributed by atoms with Gasteiger partial charge in [-0.1, -0.05) is 48.0 Å². The Labute approximate surface area is 295 Å². The van der Waals surface area contributed by atoms with Crippen molar-refractivity contribution in [3.63, 3.8) is 0 Å². The van der Waals surface area contributed by atoms with Crippen LogP contribution in [0.4, 0.5) is 17.6 Å². The van der Waals surface area contributed by atoms with E-state index in [1.165, 1.54) is 18.5 Å². The lowest BCUT2D eigenvalue weighted by Crippen LogP contribution is -2.36. The number of nitrogen functional groups attached to an aromatic ring is 1. The van der Waals surface area contributed by atoms with E-state index in [0.29, 0.717) is 75.5 Å². The molecule has 0 atom stereocenters. The number of pyridine rings is 2. The summed E-state index contributed by atoms with van der Waals surface area (Å²) in [7, 11) is -7.31. The SMILES string of the molecule is Nc1ncc(-c2cc(S(=O)(=O)c3ccccc3)cc(N3CCOCC3)n2)cn1.O=S(=O)(c1ccccc1)c1cc(Cl)nc(N2CCOCC2)c1. The van der Waals surface area contributed by atoms with E-state index in [1.54, 1.807) is 78.9 Å². The first-order valence-corrected chi connectivity index (χ1v) is 19.0. The maximum atomic E-state index is 13.2. The van der Waals surface area contributed by atoms with Gasteiger partial charge in [0.1, 0.15) is 16.8 Å². The summed E-state index contributed by atoms with van der Waals surface area (Å²) in [6.45, 7) is 4.93. The molecule has 13 nitrogen and oxygen atoms in total. The maximum absolute atomic E-state index is 13.2. The predicted octanol–water partition coefficient (Wildman–Crippen LogP) is 4.19. The molecule has 0 aliphatic carbocycles. The molecule has 2 saturated heterocycles. The predicted molar refractivity (Wildman–Crippen MR) is 189 cm³/mol. The fourth-order valence-corrected chi connectivity index (χ4v) is 8.16. The topological polar surface area (TPSA) is 171 Å². The summed E-state index contributed by atoms with van der Waals surface area (Å²) in [5, 5.41) is 0.165. The van der Waals surface area contributed by atoms with E-state index >= 15 is 0 Å². The summed E-state index contributed by atoms with van der Waals surface area (Å²) < 4.78 is 62.4. The lowest BCUT2D eigenvalue weighted by Gasteiger charge is -2.28. The molecule has 2 aliphatic heterocycles. The molecule has 0 saturated carbocycles. The number of anilines is 3. The van der Waals surface area contributed by atoms with Crippen LogP contribution in [0.25, 0.3) is 11.3 Å². The third-order valence-electron chi connectivity index (χ3n) is 7.90. The highest BCUT2D eigenvalue weighted by atomic mass is 35.5. The fraction of sp³-hybridized carbons (Fsp3) is 0.235. The number of hydrogen-bond acceptors (Lipinski definition) is 13. The van der Waals surface area contributed by atoms with E-state index < -0.39 is 19.7 Å². The number of hydrogen-bond donors (Lipinski definition) is 1. The second-order valence-corrected chi connectivity index (χ2v) is 15.5. The van der Waals surface area contributed by atoms with Gasteiger partial charge < -0.3 is 25.0 Å². The summed E-state index contributed by atoms with van der Waals surface area (Å²) >= 11 is 6.03. The molecule has 5 heterocycles. The maximum Gasteiger partial charge on any atom is 0.219 e. The second kappa shape index (κ2) is 15.5. The molecular formula is C34H34ClN7O6S2. The Morgan fingerprint density at radius 1 is 0.600 bits per heavy atom. The zero-order valence-electron chi connectivity index (χ0n) is 26.8. The molecule has 260 valence electrons. The van der Waals surface area contributed by atoms with Crippen molar-refractivity contribution in [1.82, 2.24) is 19.9 Å². The number of nitrogens with zero attached hydrogens (tertiary/aromatic N) is 6. The third-order valence-corrected chi connectivity index (χ3v) is 11.6. The minimum atomic E-state index is -3.70. The number of ether oxygens (including phenoxy) is 2. The number of rotatable bonds is 7. The van der Waals surface area contributed by atoms with Gasteiger partial charge >= 0.3 is 0 Å². The molecule has 0 radical (unpaired) electrons. The Hall–Kier alpha value is -4.67. The van der Waals surface area contributed by atoms with Crippen LogP contribution < -0.4 is 15.5 Å². The van der Waals surface area contributed by atoms with Crippen LogP contribution in [-0.4, -0.2) is 89.4 Å². The van der Waals surface area contributed by atoms with E-state index in [9.17, 15) is 16.8 Å². The van der Waals surface area contributed by atoms with Gasteiger partial charge in [0.05, 0.1) is 51.7 Å². The number of benzene rings is 2. The molecule has 2 N–H and O–H groups in total. The molecular weight excluding hydrogens is 702 g/mol. The van der Waals surface area contributed by atoms with Crippen molar-refractivity contribution in [1.29, 1.82) is 0 Å². The van der Waals surface area contributed by atoms with Crippen molar-refractivity contribution in [2.45, 2.75) is 19.6 Å². The van der Waals surface area contributed by atoms with E-state index in [4.69, 9.17) is 26.8 Å². The van der Waals surface area contributed by atoms with E-state index in [0.717, 1.165) is 0 Å². The Morgan fingerprint density at radius 3 is 1.52 bits per heavy atom. The van der Waals surface area contributed by atoms with Crippen molar-refractivity contribution in [3.05, 3.63) is 102 Å². The van der Waals surface area contributed by atoms with Crippen LogP contribution in [-0.2, 0) is 29.1 Å². The minimum absolute atomic E-state index is 0.144. The summed E-state index contributed by atoms with van der Waals surface area (Å²) in [4.78, 5) is 21.6. The van der Waals surface area contributed by atoms with Crippen LogP contribution in [0.5, 0.6) is 0 Å². The number of aromatic nitrogens is 4. The Kier molecular flexibility index (Phi) is 10.9. The quantitative estimate of drug-likeness (QED) is 0.236. The lowest BCUT2D eigenvalue weighted by atomic mass is 10.2. The Morgan fingerprint density at radius 2 is 1.04 bits per heavy atom. The molecule has 0 unspecified atom stereocenters. The first-order chi connectivity index (χ1) is 24.1. The Balaban J connectivity index is 0.000000178. The van der Waals surface area contributed by atoms with Crippen LogP contribution in [0.15, 0.2) is 117 Å². The second-order valence-electron chi connectivity index (χ2n) is 11.2. The number of morpholine rings is 2. The monoisotopic (exact) mass is 735 g/mol. The molecule has 50 heavy (non-hydrogen) atoms. The van der Waals surface area contributed by atoms with Crippen molar-refractivity contribution in [2.24, 2.45) is 0 Å². The number of sulfone groups is 2. The molecule has 7 rings (SSSR count). The minimum Gasteiger partial charge on any atom is -0.378 e. The largest absolute Gasteiger partial charge is 0.378 e. The van der Waals surface area contributed by atoms with Crippen LogP contribution in [0.2, 0.25) is 5.15 Å². The molecule has 2 aliphatic rings. The first kappa shape index (κ1) is 35.2. The van der Waals surface area contributed by atoms with E-state index in [2.05, 4.69) is 19.9 Å². The van der Waals surface area contributed by atoms with Gasteiger partial charge in [0.25, 0.3) is 0 Å². The third kappa shape index (κ3) is 8.20. The molecule has 16 heteroatoms. The first-order valence-electron chi connectivity index (χ1n) is 15.6. The molecule has 0 spiro atoms. The van der Waals surface area contributed by atoms with Crippen LogP contribution >= 0.6 is 11.6 Å². The van der Waals surface area contributed by atoms with Gasteiger partial charge in [-0.3, -0.25) is 0 Å². The molecule has 2 fully saturated rings. The molecule has 0 amide bonds.